The van der Waals surface area contributed by atoms with Crippen LogP contribution in [0.2, 0.25) is 0 Å². The third-order valence-corrected chi connectivity index (χ3v) is 3.70. The molecule has 0 atom stereocenters. The summed E-state index contributed by atoms with van der Waals surface area (Å²) in [6.07, 6.45) is 2.38. The van der Waals surface area contributed by atoms with Crippen molar-refractivity contribution >= 4 is 12.1 Å². The minimum Gasteiger partial charge on any atom is -0.496 e. The van der Waals surface area contributed by atoms with Gasteiger partial charge >= 0.3 is 0 Å². The SMILES string of the molecule is COc1c(C)c(C)c(OC)c(CC2=NC=NC2)c1C. The molecule has 0 N–H and O–H groups in total. The Bertz CT molecular complexity index is 560. The number of rotatable bonds is 4. The lowest BCUT2D eigenvalue weighted by molar-refractivity contribution is 0.392. The lowest BCUT2D eigenvalue weighted by atomic mass is 9.94. The van der Waals surface area contributed by atoms with E-state index in [0.29, 0.717) is 6.54 Å². The number of aliphatic imine (C=N–C) groups is 2. The Kier molecular flexibility index (Phi) is 3.88. The molecule has 0 aromatic heterocycles. The summed E-state index contributed by atoms with van der Waals surface area (Å²) in [5.41, 5.74) is 5.58. The van der Waals surface area contributed by atoms with Gasteiger partial charge in [-0.25, -0.2) is 4.99 Å². The van der Waals surface area contributed by atoms with E-state index in [9.17, 15) is 0 Å². The van der Waals surface area contributed by atoms with Gasteiger partial charge in [-0.3, -0.25) is 4.99 Å². The highest BCUT2D eigenvalue weighted by atomic mass is 16.5. The molecular formula is C15H20N2O2. The van der Waals surface area contributed by atoms with Gasteiger partial charge in [-0.2, -0.15) is 0 Å². The van der Waals surface area contributed by atoms with Crippen LogP contribution in [-0.4, -0.2) is 32.8 Å². The second kappa shape index (κ2) is 5.43. The Morgan fingerprint density at radius 2 is 1.63 bits per heavy atom. The van der Waals surface area contributed by atoms with Crippen molar-refractivity contribution in [3.05, 3.63) is 22.3 Å². The summed E-state index contributed by atoms with van der Waals surface area (Å²) in [5, 5.41) is 0. The van der Waals surface area contributed by atoms with Gasteiger partial charge in [0.05, 0.1) is 20.8 Å². The molecule has 0 aliphatic carbocycles. The molecule has 0 spiro atoms. The van der Waals surface area contributed by atoms with Gasteiger partial charge in [0.2, 0.25) is 0 Å². The topological polar surface area (TPSA) is 43.2 Å². The van der Waals surface area contributed by atoms with Crippen molar-refractivity contribution in [1.82, 2.24) is 0 Å². The molecule has 2 rings (SSSR count). The molecular weight excluding hydrogens is 240 g/mol. The Hall–Kier alpha value is -1.84. The molecule has 102 valence electrons. The molecule has 0 bridgehead atoms. The highest BCUT2D eigenvalue weighted by Crippen LogP contribution is 2.38. The van der Waals surface area contributed by atoms with Gasteiger partial charge in [0.15, 0.2) is 0 Å². The van der Waals surface area contributed by atoms with Crippen molar-refractivity contribution in [2.75, 3.05) is 20.8 Å². The average molecular weight is 260 g/mol. The van der Waals surface area contributed by atoms with Crippen molar-refractivity contribution in [2.24, 2.45) is 9.98 Å². The van der Waals surface area contributed by atoms with Crippen molar-refractivity contribution < 1.29 is 9.47 Å². The second-order valence-corrected chi connectivity index (χ2v) is 4.75. The fraction of sp³-hybridized carbons (Fsp3) is 0.467. The second-order valence-electron chi connectivity index (χ2n) is 4.75. The van der Waals surface area contributed by atoms with Gasteiger partial charge in [-0.15, -0.1) is 0 Å². The van der Waals surface area contributed by atoms with E-state index in [1.54, 1.807) is 20.6 Å². The van der Waals surface area contributed by atoms with E-state index in [1.807, 2.05) is 0 Å². The van der Waals surface area contributed by atoms with Crippen molar-refractivity contribution in [1.29, 1.82) is 0 Å². The Morgan fingerprint density at radius 1 is 1.00 bits per heavy atom. The van der Waals surface area contributed by atoms with Crippen LogP contribution in [0.3, 0.4) is 0 Å². The van der Waals surface area contributed by atoms with E-state index in [2.05, 4.69) is 30.8 Å². The number of nitrogens with zero attached hydrogens (tertiary/aromatic N) is 2. The van der Waals surface area contributed by atoms with Crippen molar-refractivity contribution in [3.63, 3.8) is 0 Å². The van der Waals surface area contributed by atoms with Gasteiger partial charge in [-0.05, 0) is 37.5 Å². The smallest absolute Gasteiger partial charge is 0.126 e. The lowest BCUT2D eigenvalue weighted by Crippen LogP contribution is -2.10. The van der Waals surface area contributed by atoms with Crippen LogP contribution in [0.1, 0.15) is 22.3 Å². The number of hydrogen-bond donors (Lipinski definition) is 0. The summed E-state index contributed by atoms with van der Waals surface area (Å²) >= 11 is 0. The average Bonchev–Trinajstić information content (AvgIpc) is 2.90. The Labute approximate surface area is 114 Å². The zero-order valence-corrected chi connectivity index (χ0v) is 12.2. The maximum Gasteiger partial charge on any atom is 0.126 e. The zero-order valence-electron chi connectivity index (χ0n) is 12.2. The fourth-order valence-electron chi connectivity index (χ4n) is 2.57. The number of ether oxygens (including phenoxy) is 2. The normalized spacial score (nSPS) is 13.6. The van der Waals surface area contributed by atoms with Crippen molar-refractivity contribution in [2.45, 2.75) is 27.2 Å². The lowest BCUT2D eigenvalue weighted by Gasteiger charge is -2.20. The molecule has 1 heterocycles. The highest BCUT2D eigenvalue weighted by Gasteiger charge is 2.20. The van der Waals surface area contributed by atoms with Crippen LogP contribution in [0.15, 0.2) is 9.98 Å². The molecule has 0 saturated carbocycles. The summed E-state index contributed by atoms with van der Waals surface area (Å²) in [6, 6.07) is 0. The summed E-state index contributed by atoms with van der Waals surface area (Å²) in [6.45, 7) is 6.87. The minimum atomic E-state index is 0.678. The van der Waals surface area contributed by atoms with Gasteiger partial charge in [0, 0.05) is 17.7 Å². The Balaban J connectivity index is 2.53. The summed E-state index contributed by atoms with van der Waals surface area (Å²) < 4.78 is 11.1. The monoisotopic (exact) mass is 260 g/mol. The van der Waals surface area contributed by atoms with Crippen LogP contribution in [0, 0.1) is 20.8 Å². The first kappa shape index (κ1) is 13.6. The molecule has 0 fully saturated rings. The van der Waals surface area contributed by atoms with Gasteiger partial charge in [0.1, 0.15) is 17.8 Å². The molecule has 0 amide bonds. The number of methoxy groups -OCH3 is 2. The van der Waals surface area contributed by atoms with Crippen LogP contribution in [0.25, 0.3) is 0 Å². The van der Waals surface area contributed by atoms with Crippen LogP contribution < -0.4 is 9.47 Å². The highest BCUT2D eigenvalue weighted by molar-refractivity contribution is 5.98. The van der Waals surface area contributed by atoms with E-state index < -0.39 is 0 Å². The molecule has 4 nitrogen and oxygen atoms in total. The third kappa shape index (κ3) is 2.35. The number of benzene rings is 1. The molecule has 19 heavy (non-hydrogen) atoms. The van der Waals surface area contributed by atoms with Crippen LogP contribution >= 0.6 is 0 Å². The van der Waals surface area contributed by atoms with Crippen LogP contribution in [0.4, 0.5) is 0 Å². The standard InChI is InChI=1S/C15H20N2O2/c1-9-10(2)15(19-5)13(11(3)14(9)18-4)6-12-7-16-8-17-12/h8H,6-7H2,1-5H3. The number of hydrogen-bond acceptors (Lipinski definition) is 4. The first-order valence-corrected chi connectivity index (χ1v) is 6.34. The minimum absolute atomic E-state index is 0.678. The predicted octanol–water partition coefficient (Wildman–Crippen LogP) is 2.65. The van der Waals surface area contributed by atoms with Gasteiger partial charge < -0.3 is 9.47 Å². The first-order valence-electron chi connectivity index (χ1n) is 6.34. The van der Waals surface area contributed by atoms with E-state index >= 15 is 0 Å². The first-order chi connectivity index (χ1) is 9.10. The maximum atomic E-state index is 5.60. The third-order valence-electron chi connectivity index (χ3n) is 3.70. The molecule has 1 aromatic rings. The molecule has 1 aliphatic rings. The fourth-order valence-corrected chi connectivity index (χ4v) is 2.57. The van der Waals surface area contributed by atoms with Crippen molar-refractivity contribution in [3.8, 4) is 11.5 Å². The molecule has 1 aromatic carbocycles. The predicted molar refractivity (Wildman–Crippen MR) is 78.3 cm³/mol. The summed E-state index contributed by atoms with van der Waals surface area (Å²) in [4.78, 5) is 8.41. The summed E-state index contributed by atoms with van der Waals surface area (Å²) in [7, 11) is 3.42. The van der Waals surface area contributed by atoms with E-state index in [0.717, 1.165) is 45.9 Å². The largest absolute Gasteiger partial charge is 0.496 e. The molecule has 0 radical (unpaired) electrons. The van der Waals surface area contributed by atoms with E-state index in [-0.39, 0.29) is 0 Å². The van der Waals surface area contributed by atoms with E-state index in [4.69, 9.17) is 9.47 Å². The quantitative estimate of drug-likeness (QED) is 0.835. The molecule has 0 unspecified atom stereocenters. The van der Waals surface area contributed by atoms with Crippen LogP contribution in [0.5, 0.6) is 11.5 Å². The molecule has 0 saturated heterocycles. The van der Waals surface area contributed by atoms with Crippen LogP contribution in [-0.2, 0) is 6.42 Å². The maximum absolute atomic E-state index is 5.60. The zero-order chi connectivity index (χ0) is 14.0. The molecule has 4 heteroatoms. The Morgan fingerprint density at radius 3 is 2.16 bits per heavy atom. The van der Waals surface area contributed by atoms with E-state index in [1.165, 1.54) is 0 Å². The molecule has 1 aliphatic heterocycles. The van der Waals surface area contributed by atoms with Gasteiger partial charge in [0.25, 0.3) is 0 Å². The van der Waals surface area contributed by atoms with Gasteiger partial charge in [-0.1, -0.05) is 0 Å². The summed E-state index contributed by atoms with van der Waals surface area (Å²) in [5.74, 6) is 1.87.